The van der Waals surface area contributed by atoms with Gasteiger partial charge >= 0.3 is 0 Å². The van der Waals surface area contributed by atoms with Crippen LogP contribution in [0.3, 0.4) is 0 Å². The van der Waals surface area contributed by atoms with Gasteiger partial charge in [0, 0.05) is 45.5 Å². The highest BCUT2D eigenvalue weighted by molar-refractivity contribution is 7.89. The Morgan fingerprint density at radius 3 is 2.86 bits per heavy atom. The average molecular weight is 313 g/mol. The maximum atomic E-state index is 12.4. The Bertz CT molecular complexity index is 578. The normalized spacial score (nSPS) is 21.4. The molecule has 1 fully saturated rings. The molecule has 0 aromatic carbocycles. The first-order valence-corrected chi connectivity index (χ1v) is 8.43. The minimum atomic E-state index is -3.61. The highest BCUT2D eigenvalue weighted by Crippen LogP contribution is 2.17. The lowest BCUT2D eigenvalue weighted by Gasteiger charge is -2.37. The van der Waals surface area contributed by atoms with Crippen LogP contribution in [0.4, 0.5) is 5.69 Å². The van der Waals surface area contributed by atoms with E-state index in [1.54, 1.807) is 19.2 Å². The number of rotatable bonds is 5. The lowest BCUT2D eigenvalue weighted by atomic mass is 10.2. The molecule has 1 atom stereocenters. The van der Waals surface area contributed by atoms with Crippen LogP contribution in [0, 0.1) is 0 Å². The van der Waals surface area contributed by atoms with Gasteiger partial charge in [-0.15, -0.1) is 0 Å². The molecule has 1 aromatic heterocycles. The second-order valence-electron chi connectivity index (χ2n) is 5.35. The molecular weight excluding hydrogens is 290 g/mol. The van der Waals surface area contributed by atoms with Crippen molar-refractivity contribution in [3.63, 3.8) is 0 Å². The number of sulfonamides is 1. The summed E-state index contributed by atoms with van der Waals surface area (Å²) in [6.45, 7) is 3.17. The number of pyridine rings is 1. The highest BCUT2D eigenvalue weighted by Gasteiger charge is 2.26. The molecule has 2 rings (SSSR count). The van der Waals surface area contributed by atoms with E-state index in [4.69, 9.17) is 0 Å². The zero-order valence-electron chi connectivity index (χ0n) is 12.7. The predicted molar refractivity (Wildman–Crippen MR) is 82.9 cm³/mol. The Morgan fingerprint density at radius 1 is 1.38 bits per heavy atom. The molecule has 1 aliphatic rings. The quantitative estimate of drug-likeness (QED) is 0.773. The maximum Gasteiger partial charge on any atom is 0.260 e. The van der Waals surface area contributed by atoms with Crippen molar-refractivity contribution in [3.05, 3.63) is 18.3 Å². The molecule has 0 amide bonds. The molecule has 2 heterocycles. The first-order chi connectivity index (χ1) is 9.94. The summed E-state index contributed by atoms with van der Waals surface area (Å²) < 4.78 is 27.5. The molecule has 1 aliphatic heterocycles. The summed E-state index contributed by atoms with van der Waals surface area (Å²) in [6, 6.07) is 3.57. The Hall–Kier alpha value is -1.22. The van der Waals surface area contributed by atoms with Gasteiger partial charge in [-0.1, -0.05) is 0 Å². The summed E-state index contributed by atoms with van der Waals surface area (Å²) in [7, 11) is 2.14. The number of anilines is 1. The van der Waals surface area contributed by atoms with E-state index in [1.807, 2.05) is 14.1 Å². The van der Waals surface area contributed by atoms with E-state index in [0.717, 1.165) is 19.6 Å². The van der Waals surface area contributed by atoms with Crippen LogP contribution in [0.25, 0.3) is 0 Å². The van der Waals surface area contributed by atoms with Gasteiger partial charge in [-0.3, -0.25) is 4.90 Å². The predicted octanol–water partition coefficient (Wildman–Crippen LogP) is -0.353. The number of aromatic nitrogens is 1. The van der Waals surface area contributed by atoms with Crippen molar-refractivity contribution >= 4 is 15.7 Å². The summed E-state index contributed by atoms with van der Waals surface area (Å²) in [5, 5.41) is 2.90. The van der Waals surface area contributed by atoms with Crippen LogP contribution in [0.1, 0.15) is 0 Å². The van der Waals surface area contributed by atoms with Crippen molar-refractivity contribution in [1.82, 2.24) is 19.5 Å². The molecular formula is C13H23N5O2S. The SMILES string of the molecule is CNc1cccnc1S(=O)(=O)NCC1CN(C)CCN1C. The van der Waals surface area contributed by atoms with Crippen molar-refractivity contribution in [2.24, 2.45) is 0 Å². The van der Waals surface area contributed by atoms with E-state index < -0.39 is 10.0 Å². The van der Waals surface area contributed by atoms with Crippen LogP contribution in [-0.2, 0) is 10.0 Å². The van der Waals surface area contributed by atoms with Crippen LogP contribution < -0.4 is 10.0 Å². The van der Waals surface area contributed by atoms with Crippen LogP contribution >= 0.6 is 0 Å². The van der Waals surface area contributed by atoms with Crippen molar-refractivity contribution in [2.75, 3.05) is 52.6 Å². The molecule has 0 aliphatic carbocycles. The fourth-order valence-corrected chi connectivity index (χ4v) is 3.60. The number of nitrogens with one attached hydrogen (secondary N) is 2. The Balaban J connectivity index is 2.07. The molecule has 2 N–H and O–H groups in total. The van der Waals surface area contributed by atoms with Gasteiger partial charge in [-0.25, -0.2) is 18.1 Å². The van der Waals surface area contributed by atoms with Crippen molar-refractivity contribution in [2.45, 2.75) is 11.1 Å². The van der Waals surface area contributed by atoms with Gasteiger partial charge in [0.05, 0.1) is 5.69 Å². The first kappa shape index (κ1) is 16.2. The number of piperazine rings is 1. The Labute approximate surface area is 126 Å². The van der Waals surface area contributed by atoms with Crippen molar-refractivity contribution < 1.29 is 8.42 Å². The van der Waals surface area contributed by atoms with Crippen molar-refractivity contribution in [3.8, 4) is 0 Å². The summed E-state index contributed by atoms with van der Waals surface area (Å²) in [5.41, 5.74) is 0.499. The number of hydrogen-bond donors (Lipinski definition) is 2. The molecule has 8 heteroatoms. The monoisotopic (exact) mass is 313 g/mol. The van der Waals surface area contributed by atoms with E-state index >= 15 is 0 Å². The van der Waals surface area contributed by atoms with E-state index in [1.165, 1.54) is 6.20 Å². The lowest BCUT2D eigenvalue weighted by molar-refractivity contribution is 0.117. The smallest absolute Gasteiger partial charge is 0.260 e. The van der Waals surface area contributed by atoms with Crippen molar-refractivity contribution in [1.29, 1.82) is 0 Å². The Morgan fingerprint density at radius 2 is 2.14 bits per heavy atom. The molecule has 0 spiro atoms. The van der Waals surface area contributed by atoms with E-state index in [-0.39, 0.29) is 11.1 Å². The number of nitrogens with zero attached hydrogens (tertiary/aromatic N) is 3. The summed E-state index contributed by atoms with van der Waals surface area (Å²) in [5.74, 6) is 0. The zero-order valence-corrected chi connectivity index (χ0v) is 13.5. The molecule has 7 nitrogen and oxygen atoms in total. The van der Waals surface area contributed by atoms with Crippen LogP contribution in [0.15, 0.2) is 23.4 Å². The van der Waals surface area contributed by atoms with Crippen LogP contribution in [0.2, 0.25) is 0 Å². The van der Waals surface area contributed by atoms with E-state index in [2.05, 4.69) is 24.8 Å². The van der Waals surface area contributed by atoms with Gasteiger partial charge in [0.15, 0.2) is 5.03 Å². The number of likely N-dealkylation sites (N-methyl/N-ethyl adjacent to an activating group) is 2. The summed E-state index contributed by atoms with van der Waals surface area (Å²) in [6.07, 6.45) is 1.48. The molecule has 1 unspecified atom stereocenters. The van der Waals surface area contributed by atoms with Crippen LogP contribution in [-0.4, -0.2) is 76.6 Å². The van der Waals surface area contributed by atoms with Gasteiger partial charge in [-0.05, 0) is 26.2 Å². The molecule has 0 saturated carbocycles. The molecule has 1 aromatic rings. The highest BCUT2D eigenvalue weighted by atomic mass is 32.2. The summed E-state index contributed by atoms with van der Waals surface area (Å²) in [4.78, 5) is 8.37. The fraction of sp³-hybridized carbons (Fsp3) is 0.615. The van der Waals surface area contributed by atoms with E-state index in [0.29, 0.717) is 12.2 Å². The van der Waals surface area contributed by atoms with Gasteiger partial charge in [0.1, 0.15) is 0 Å². The molecule has 1 saturated heterocycles. The largest absolute Gasteiger partial charge is 0.386 e. The second kappa shape index (κ2) is 6.69. The molecule has 0 bridgehead atoms. The zero-order chi connectivity index (χ0) is 15.5. The molecule has 0 radical (unpaired) electrons. The van der Waals surface area contributed by atoms with Gasteiger partial charge in [-0.2, -0.15) is 0 Å². The topological polar surface area (TPSA) is 77.6 Å². The lowest BCUT2D eigenvalue weighted by Crippen LogP contribution is -2.54. The second-order valence-corrected chi connectivity index (χ2v) is 7.04. The summed E-state index contributed by atoms with van der Waals surface area (Å²) >= 11 is 0. The van der Waals surface area contributed by atoms with E-state index in [9.17, 15) is 8.42 Å². The fourth-order valence-electron chi connectivity index (χ4n) is 2.39. The van der Waals surface area contributed by atoms with Gasteiger partial charge in [0.2, 0.25) is 0 Å². The minimum Gasteiger partial charge on any atom is -0.386 e. The first-order valence-electron chi connectivity index (χ1n) is 6.95. The average Bonchev–Trinajstić information content (AvgIpc) is 2.48. The maximum absolute atomic E-state index is 12.4. The third kappa shape index (κ3) is 3.91. The standard InChI is InChI=1S/C13H23N5O2S/c1-14-12-5-4-6-15-13(12)21(19,20)16-9-11-10-17(2)7-8-18(11)3/h4-6,11,14,16H,7-10H2,1-3H3. The molecule has 118 valence electrons. The number of hydrogen-bond acceptors (Lipinski definition) is 6. The Kier molecular flexibility index (Phi) is 5.15. The van der Waals surface area contributed by atoms with Gasteiger partial charge < -0.3 is 10.2 Å². The van der Waals surface area contributed by atoms with Gasteiger partial charge in [0.25, 0.3) is 10.0 Å². The third-order valence-electron chi connectivity index (χ3n) is 3.78. The third-order valence-corrected chi connectivity index (χ3v) is 5.17. The van der Waals surface area contributed by atoms with Crippen LogP contribution in [0.5, 0.6) is 0 Å². The minimum absolute atomic E-state index is 0.0410. The molecule has 21 heavy (non-hydrogen) atoms.